The van der Waals surface area contributed by atoms with Gasteiger partial charge in [0.15, 0.2) is 0 Å². The van der Waals surface area contributed by atoms with Gasteiger partial charge in [-0.2, -0.15) is 0 Å². The Morgan fingerprint density at radius 3 is 2.68 bits per heavy atom. The smallest absolute Gasteiger partial charge is 0.125 e. The predicted molar refractivity (Wildman–Crippen MR) is 81.3 cm³/mol. The normalized spacial score (nSPS) is 21.2. The Morgan fingerprint density at radius 2 is 2.11 bits per heavy atom. The summed E-state index contributed by atoms with van der Waals surface area (Å²) in [6, 6.07) is 4.50. The van der Waals surface area contributed by atoms with Crippen molar-refractivity contribution in [3.8, 4) is 5.75 Å². The first-order chi connectivity index (χ1) is 8.90. The van der Waals surface area contributed by atoms with Gasteiger partial charge in [0, 0.05) is 36.4 Å². The van der Waals surface area contributed by atoms with Crippen molar-refractivity contribution in [3.63, 3.8) is 0 Å². The summed E-state index contributed by atoms with van der Waals surface area (Å²) in [5.74, 6) is 1.56. The number of hydrogen-bond acceptors (Lipinski definition) is 3. The highest BCUT2D eigenvalue weighted by Gasteiger charge is 2.34. The molecule has 0 aliphatic carbocycles. The topological polar surface area (TPSA) is 24.5 Å². The molecule has 0 amide bonds. The maximum atomic E-state index is 5.55. The molecule has 1 heterocycles. The second-order valence-corrected chi connectivity index (χ2v) is 6.23. The molecule has 1 aromatic rings. The zero-order valence-electron chi connectivity index (χ0n) is 13.0. The first-order valence-electron chi connectivity index (χ1n) is 7.00. The standard InChI is InChI=1S/C16H26N2O/c1-11-9-16(2,3)18(5)14-8-15(19-6)12(10-17-4)7-13(11)14/h7-8,11,17H,9-10H2,1-6H3. The number of nitrogens with one attached hydrogen (secondary N) is 1. The summed E-state index contributed by atoms with van der Waals surface area (Å²) in [7, 11) is 5.90. The quantitative estimate of drug-likeness (QED) is 0.905. The van der Waals surface area contributed by atoms with Crippen molar-refractivity contribution < 1.29 is 4.74 Å². The van der Waals surface area contributed by atoms with Crippen molar-refractivity contribution in [2.45, 2.75) is 45.2 Å². The highest BCUT2D eigenvalue weighted by molar-refractivity contribution is 5.63. The van der Waals surface area contributed by atoms with Crippen molar-refractivity contribution in [2.75, 3.05) is 26.1 Å². The van der Waals surface area contributed by atoms with E-state index in [1.54, 1.807) is 7.11 Å². The summed E-state index contributed by atoms with van der Waals surface area (Å²) in [6.45, 7) is 7.78. The summed E-state index contributed by atoms with van der Waals surface area (Å²) >= 11 is 0. The summed E-state index contributed by atoms with van der Waals surface area (Å²) in [5, 5.41) is 3.21. The molecule has 1 aliphatic rings. The van der Waals surface area contributed by atoms with E-state index in [2.05, 4.69) is 50.2 Å². The molecule has 1 aliphatic heterocycles. The first kappa shape index (κ1) is 14.2. The molecule has 1 unspecified atom stereocenters. The Hall–Kier alpha value is -1.22. The van der Waals surface area contributed by atoms with Crippen LogP contribution in [0.25, 0.3) is 0 Å². The van der Waals surface area contributed by atoms with Crippen LogP contribution in [0.2, 0.25) is 0 Å². The van der Waals surface area contributed by atoms with Crippen molar-refractivity contribution in [1.29, 1.82) is 0 Å². The molecule has 106 valence electrons. The van der Waals surface area contributed by atoms with Crippen LogP contribution >= 0.6 is 0 Å². The van der Waals surface area contributed by atoms with E-state index in [0.29, 0.717) is 5.92 Å². The summed E-state index contributed by atoms with van der Waals surface area (Å²) in [5.41, 5.74) is 4.18. The number of fused-ring (bicyclic) bond motifs is 1. The van der Waals surface area contributed by atoms with Gasteiger partial charge in [0.25, 0.3) is 0 Å². The molecule has 0 saturated carbocycles. The van der Waals surface area contributed by atoms with Crippen LogP contribution in [0.5, 0.6) is 5.75 Å². The number of hydrogen-bond donors (Lipinski definition) is 1. The van der Waals surface area contributed by atoms with Gasteiger partial charge in [0.2, 0.25) is 0 Å². The highest BCUT2D eigenvalue weighted by atomic mass is 16.5. The first-order valence-corrected chi connectivity index (χ1v) is 7.00. The minimum Gasteiger partial charge on any atom is -0.496 e. The van der Waals surface area contributed by atoms with E-state index in [0.717, 1.165) is 12.3 Å². The molecular formula is C16H26N2O. The van der Waals surface area contributed by atoms with E-state index in [1.807, 2.05) is 7.05 Å². The van der Waals surface area contributed by atoms with Crippen molar-refractivity contribution in [3.05, 3.63) is 23.3 Å². The molecule has 3 heteroatoms. The average molecular weight is 262 g/mol. The maximum absolute atomic E-state index is 5.55. The second-order valence-electron chi connectivity index (χ2n) is 6.23. The minimum atomic E-state index is 0.196. The number of rotatable bonds is 3. The molecule has 1 N–H and O–H groups in total. The van der Waals surface area contributed by atoms with E-state index in [9.17, 15) is 0 Å². The minimum absolute atomic E-state index is 0.196. The van der Waals surface area contributed by atoms with E-state index >= 15 is 0 Å². The van der Waals surface area contributed by atoms with Gasteiger partial charge in [-0.1, -0.05) is 6.92 Å². The van der Waals surface area contributed by atoms with Crippen LogP contribution in [0.3, 0.4) is 0 Å². The lowest BCUT2D eigenvalue weighted by Gasteiger charge is -2.45. The van der Waals surface area contributed by atoms with Crippen LogP contribution in [-0.4, -0.2) is 26.7 Å². The summed E-state index contributed by atoms with van der Waals surface area (Å²) < 4.78 is 5.55. The van der Waals surface area contributed by atoms with Crippen molar-refractivity contribution >= 4 is 5.69 Å². The van der Waals surface area contributed by atoms with Gasteiger partial charge in [0.1, 0.15) is 5.75 Å². The van der Waals surface area contributed by atoms with Crippen LogP contribution in [0.1, 0.15) is 44.2 Å². The van der Waals surface area contributed by atoms with E-state index in [4.69, 9.17) is 4.74 Å². The van der Waals surface area contributed by atoms with E-state index < -0.39 is 0 Å². The Balaban J connectivity index is 2.54. The lowest BCUT2D eigenvalue weighted by molar-refractivity contribution is 0.387. The second kappa shape index (κ2) is 5.04. The zero-order valence-corrected chi connectivity index (χ0v) is 13.0. The number of benzene rings is 1. The molecule has 0 fully saturated rings. The van der Waals surface area contributed by atoms with Crippen LogP contribution < -0.4 is 15.0 Å². The van der Waals surface area contributed by atoms with E-state index in [-0.39, 0.29) is 5.54 Å². The Kier molecular flexibility index (Phi) is 3.77. The molecule has 0 radical (unpaired) electrons. The zero-order chi connectivity index (χ0) is 14.2. The third-order valence-electron chi connectivity index (χ3n) is 4.40. The third kappa shape index (κ3) is 2.44. The molecular weight excluding hydrogens is 236 g/mol. The van der Waals surface area contributed by atoms with Gasteiger partial charge in [-0.15, -0.1) is 0 Å². The van der Waals surface area contributed by atoms with Crippen LogP contribution in [-0.2, 0) is 6.54 Å². The molecule has 0 spiro atoms. The molecule has 1 aromatic carbocycles. The van der Waals surface area contributed by atoms with Gasteiger partial charge in [-0.3, -0.25) is 0 Å². The van der Waals surface area contributed by atoms with Crippen molar-refractivity contribution in [2.24, 2.45) is 0 Å². The Labute approximate surface area is 116 Å². The molecule has 2 rings (SSSR count). The van der Waals surface area contributed by atoms with Gasteiger partial charge in [-0.25, -0.2) is 0 Å². The molecule has 3 nitrogen and oxygen atoms in total. The molecule has 0 bridgehead atoms. The largest absolute Gasteiger partial charge is 0.496 e. The SMILES string of the molecule is CNCc1cc2c(cc1OC)N(C)C(C)(C)CC2C. The fraction of sp³-hybridized carbons (Fsp3) is 0.625. The molecule has 0 saturated heterocycles. The number of nitrogens with zero attached hydrogens (tertiary/aromatic N) is 1. The predicted octanol–water partition coefficient (Wildman–Crippen LogP) is 3.14. The summed E-state index contributed by atoms with van der Waals surface area (Å²) in [4.78, 5) is 2.38. The summed E-state index contributed by atoms with van der Waals surface area (Å²) in [6.07, 6.45) is 1.18. The third-order valence-corrected chi connectivity index (χ3v) is 4.40. The fourth-order valence-electron chi connectivity index (χ4n) is 3.16. The molecule has 19 heavy (non-hydrogen) atoms. The maximum Gasteiger partial charge on any atom is 0.125 e. The highest BCUT2D eigenvalue weighted by Crippen LogP contribution is 2.44. The average Bonchev–Trinajstić information content (AvgIpc) is 2.35. The Morgan fingerprint density at radius 1 is 1.42 bits per heavy atom. The van der Waals surface area contributed by atoms with E-state index in [1.165, 1.54) is 23.2 Å². The van der Waals surface area contributed by atoms with Gasteiger partial charge < -0.3 is 15.0 Å². The van der Waals surface area contributed by atoms with Gasteiger partial charge in [-0.05, 0) is 44.9 Å². The number of ether oxygens (including phenoxy) is 1. The van der Waals surface area contributed by atoms with Crippen LogP contribution in [0.15, 0.2) is 12.1 Å². The lowest BCUT2D eigenvalue weighted by Crippen LogP contribution is -2.45. The number of anilines is 1. The van der Waals surface area contributed by atoms with Crippen molar-refractivity contribution in [1.82, 2.24) is 5.32 Å². The fourth-order valence-corrected chi connectivity index (χ4v) is 3.16. The van der Waals surface area contributed by atoms with Crippen LogP contribution in [0.4, 0.5) is 5.69 Å². The number of methoxy groups -OCH3 is 1. The molecule has 0 aromatic heterocycles. The van der Waals surface area contributed by atoms with Crippen LogP contribution in [0, 0.1) is 0 Å². The Bertz CT molecular complexity index is 468. The molecule has 1 atom stereocenters. The lowest BCUT2D eigenvalue weighted by atomic mass is 9.80. The van der Waals surface area contributed by atoms with Gasteiger partial charge in [0.05, 0.1) is 7.11 Å². The monoisotopic (exact) mass is 262 g/mol. The van der Waals surface area contributed by atoms with Gasteiger partial charge >= 0.3 is 0 Å².